The third-order valence-corrected chi connectivity index (χ3v) is 8.43. The Morgan fingerprint density at radius 3 is 1.86 bits per heavy atom. The standard InChI is InChI=1S/C32H41N3O6S/c1-8-29(31(37)33-32(3,4)5)34(21-24-11-15-26(40-6)16-12-24)30(36)22-35(25-13-9-23(2)10-14-25)42(38,39)28-19-17-27(41-7)18-20-28/h9-20,29H,8,21-22H2,1-7H3,(H,33,37)/t29-/m0/s1. The van der Waals surface area contributed by atoms with Gasteiger partial charge in [-0.05, 0) is 88.2 Å². The lowest BCUT2D eigenvalue weighted by Crippen LogP contribution is -2.55. The molecule has 0 heterocycles. The van der Waals surface area contributed by atoms with E-state index in [4.69, 9.17) is 9.47 Å². The summed E-state index contributed by atoms with van der Waals surface area (Å²) in [6.07, 6.45) is 0.333. The SMILES string of the molecule is CC[C@@H](C(=O)NC(C)(C)C)N(Cc1ccc(OC)cc1)C(=O)CN(c1ccc(C)cc1)S(=O)(=O)c1ccc(OC)cc1. The Hall–Kier alpha value is -4.05. The predicted molar refractivity (Wildman–Crippen MR) is 164 cm³/mol. The number of ether oxygens (including phenoxy) is 2. The minimum absolute atomic E-state index is 0.0101. The minimum atomic E-state index is -4.17. The summed E-state index contributed by atoms with van der Waals surface area (Å²) in [5, 5.41) is 2.97. The molecule has 42 heavy (non-hydrogen) atoms. The lowest BCUT2D eigenvalue weighted by Gasteiger charge is -2.34. The number of nitrogens with one attached hydrogen (secondary N) is 1. The van der Waals surface area contributed by atoms with Crippen LogP contribution in [0.15, 0.2) is 77.7 Å². The van der Waals surface area contributed by atoms with Gasteiger partial charge in [0.05, 0.1) is 24.8 Å². The molecule has 1 N–H and O–H groups in total. The summed E-state index contributed by atoms with van der Waals surface area (Å²) >= 11 is 0. The number of hydrogen-bond acceptors (Lipinski definition) is 6. The van der Waals surface area contributed by atoms with Crippen LogP contribution in [0.1, 0.15) is 45.2 Å². The van der Waals surface area contributed by atoms with Crippen molar-refractivity contribution in [3.63, 3.8) is 0 Å². The first kappa shape index (κ1) is 32.5. The van der Waals surface area contributed by atoms with E-state index >= 15 is 0 Å². The lowest BCUT2D eigenvalue weighted by molar-refractivity contribution is -0.141. The Kier molecular flexibility index (Phi) is 10.6. The van der Waals surface area contributed by atoms with Crippen molar-refractivity contribution in [1.82, 2.24) is 10.2 Å². The topological polar surface area (TPSA) is 105 Å². The third-order valence-electron chi connectivity index (χ3n) is 6.64. The monoisotopic (exact) mass is 595 g/mol. The van der Waals surface area contributed by atoms with Gasteiger partial charge in [0.25, 0.3) is 10.0 Å². The summed E-state index contributed by atoms with van der Waals surface area (Å²) in [4.78, 5) is 29.1. The van der Waals surface area contributed by atoms with Crippen LogP contribution >= 0.6 is 0 Å². The second-order valence-corrected chi connectivity index (χ2v) is 12.9. The van der Waals surface area contributed by atoms with E-state index in [1.165, 1.54) is 24.1 Å². The summed E-state index contributed by atoms with van der Waals surface area (Å²) in [5.74, 6) is 0.338. The first-order valence-corrected chi connectivity index (χ1v) is 15.2. The van der Waals surface area contributed by atoms with Gasteiger partial charge in [-0.15, -0.1) is 0 Å². The van der Waals surface area contributed by atoms with Gasteiger partial charge in [0.15, 0.2) is 0 Å². The molecule has 0 spiro atoms. The molecular formula is C32H41N3O6S. The quantitative estimate of drug-likeness (QED) is 0.318. The molecule has 0 aliphatic heterocycles. The van der Waals surface area contributed by atoms with E-state index in [9.17, 15) is 18.0 Å². The molecule has 3 aromatic rings. The average molecular weight is 596 g/mol. The zero-order chi connectivity index (χ0) is 31.1. The van der Waals surface area contributed by atoms with E-state index in [0.717, 1.165) is 15.4 Å². The van der Waals surface area contributed by atoms with Crippen molar-refractivity contribution < 1.29 is 27.5 Å². The van der Waals surface area contributed by atoms with Gasteiger partial charge >= 0.3 is 0 Å². The van der Waals surface area contributed by atoms with Gasteiger partial charge in [0.2, 0.25) is 11.8 Å². The summed E-state index contributed by atoms with van der Waals surface area (Å²) in [6.45, 7) is 8.92. The van der Waals surface area contributed by atoms with Crippen LogP contribution in [0.4, 0.5) is 5.69 Å². The molecule has 3 rings (SSSR count). The number of anilines is 1. The Bertz CT molecular complexity index is 1450. The second-order valence-electron chi connectivity index (χ2n) is 11.1. The molecule has 0 bridgehead atoms. The first-order valence-electron chi connectivity index (χ1n) is 13.8. The Morgan fingerprint density at radius 2 is 1.38 bits per heavy atom. The zero-order valence-corrected chi connectivity index (χ0v) is 26.2. The van der Waals surface area contributed by atoms with Gasteiger partial charge in [0.1, 0.15) is 24.1 Å². The maximum absolute atomic E-state index is 14.2. The van der Waals surface area contributed by atoms with Crippen molar-refractivity contribution in [3.8, 4) is 11.5 Å². The molecule has 0 unspecified atom stereocenters. The normalized spacial score (nSPS) is 12.3. The maximum atomic E-state index is 14.2. The smallest absolute Gasteiger partial charge is 0.264 e. The summed E-state index contributed by atoms with van der Waals surface area (Å²) in [6, 6.07) is 19.3. The molecule has 0 aromatic heterocycles. The maximum Gasteiger partial charge on any atom is 0.264 e. The van der Waals surface area contributed by atoms with Gasteiger partial charge in [0, 0.05) is 12.1 Å². The number of amides is 2. The molecule has 9 nitrogen and oxygen atoms in total. The fourth-order valence-corrected chi connectivity index (χ4v) is 5.83. The van der Waals surface area contributed by atoms with Crippen LogP contribution in [0, 0.1) is 6.92 Å². The Labute approximate surface area is 249 Å². The molecule has 0 saturated carbocycles. The van der Waals surface area contributed by atoms with Crippen molar-refractivity contribution in [3.05, 3.63) is 83.9 Å². The molecule has 0 fully saturated rings. The first-order chi connectivity index (χ1) is 19.8. The number of nitrogens with zero attached hydrogens (tertiary/aromatic N) is 2. The molecule has 0 radical (unpaired) electrons. The highest BCUT2D eigenvalue weighted by Crippen LogP contribution is 2.27. The number of methoxy groups -OCH3 is 2. The second kappa shape index (κ2) is 13.7. The number of sulfonamides is 1. The zero-order valence-electron chi connectivity index (χ0n) is 25.4. The summed E-state index contributed by atoms with van der Waals surface area (Å²) in [5.41, 5.74) is 1.52. The van der Waals surface area contributed by atoms with Crippen LogP contribution in [0.3, 0.4) is 0 Å². The molecule has 3 aromatic carbocycles. The summed E-state index contributed by atoms with van der Waals surface area (Å²) < 4.78 is 39.5. The minimum Gasteiger partial charge on any atom is -0.497 e. The molecule has 0 saturated heterocycles. The number of benzene rings is 3. The van der Waals surface area contributed by atoms with Crippen LogP contribution < -0.4 is 19.1 Å². The van der Waals surface area contributed by atoms with E-state index < -0.39 is 34.1 Å². The molecule has 226 valence electrons. The van der Waals surface area contributed by atoms with Gasteiger partial charge < -0.3 is 19.7 Å². The molecule has 1 atom stereocenters. The molecule has 10 heteroatoms. The number of carbonyl (C=O) groups is 2. The van der Waals surface area contributed by atoms with Crippen molar-refractivity contribution in [2.75, 3.05) is 25.1 Å². The highest BCUT2D eigenvalue weighted by Gasteiger charge is 2.34. The molecule has 0 aliphatic rings. The highest BCUT2D eigenvalue weighted by molar-refractivity contribution is 7.92. The van der Waals surface area contributed by atoms with Crippen LogP contribution in [0.5, 0.6) is 11.5 Å². The van der Waals surface area contributed by atoms with Crippen LogP contribution in [0.25, 0.3) is 0 Å². The predicted octanol–water partition coefficient (Wildman–Crippen LogP) is 4.93. The molecule has 0 aliphatic carbocycles. The van der Waals surface area contributed by atoms with E-state index in [1.807, 2.05) is 46.8 Å². The van der Waals surface area contributed by atoms with Gasteiger partial charge in [-0.1, -0.05) is 36.8 Å². The van der Waals surface area contributed by atoms with Gasteiger partial charge in [-0.3, -0.25) is 13.9 Å². The number of aryl methyl sites for hydroxylation is 1. The fraction of sp³-hybridized carbons (Fsp3) is 0.375. The van der Waals surface area contributed by atoms with Crippen LogP contribution in [0.2, 0.25) is 0 Å². The van der Waals surface area contributed by atoms with Crippen molar-refractivity contribution in [2.24, 2.45) is 0 Å². The van der Waals surface area contributed by atoms with Gasteiger partial charge in [-0.2, -0.15) is 0 Å². The largest absolute Gasteiger partial charge is 0.497 e. The average Bonchev–Trinajstić information content (AvgIpc) is 2.95. The fourth-order valence-electron chi connectivity index (χ4n) is 4.41. The van der Waals surface area contributed by atoms with Crippen molar-refractivity contribution >= 4 is 27.5 Å². The van der Waals surface area contributed by atoms with E-state index in [0.29, 0.717) is 23.6 Å². The number of carbonyl (C=O) groups excluding carboxylic acids is 2. The molecular weight excluding hydrogens is 554 g/mol. The highest BCUT2D eigenvalue weighted by atomic mass is 32.2. The van der Waals surface area contributed by atoms with Crippen molar-refractivity contribution in [2.45, 2.75) is 64.1 Å². The molecule has 2 amide bonds. The van der Waals surface area contributed by atoms with Crippen molar-refractivity contribution in [1.29, 1.82) is 0 Å². The Morgan fingerprint density at radius 1 is 0.857 bits per heavy atom. The van der Waals surface area contributed by atoms with E-state index in [2.05, 4.69) is 5.32 Å². The van der Waals surface area contributed by atoms with Gasteiger partial charge in [-0.25, -0.2) is 8.42 Å². The van der Waals surface area contributed by atoms with Crippen LogP contribution in [-0.2, 0) is 26.2 Å². The Balaban J connectivity index is 2.06. The van der Waals surface area contributed by atoms with E-state index in [-0.39, 0.29) is 17.3 Å². The lowest BCUT2D eigenvalue weighted by atomic mass is 10.1. The van der Waals surface area contributed by atoms with E-state index in [1.54, 1.807) is 55.6 Å². The van der Waals surface area contributed by atoms with Crippen LogP contribution in [-0.4, -0.2) is 57.5 Å². The third kappa shape index (κ3) is 8.25. The number of rotatable bonds is 12. The number of hydrogen-bond donors (Lipinski definition) is 1. The summed E-state index contributed by atoms with van der Waals surface area (Å²) in [7, 11) is -1.11.